The number of rotatable bonds is 3. The summed E-state index contributed by atoms with van der Waals surface area (Å²) in [7, 11) is 0.137. The van der Waals surface area contributed by atoms with Crippen molar-refractivity contribution in [2.75, 3.05) is 18.5 Å². The Morgan fingerprint density at radius 2 is 1.12 bits per heavy atom. The van der Waals surface area contributed by atoms with Crippen LogP contribution < -0.4 is 0 Å². The van der Waals surface area contributed by atoms with E-state index in [-0.39, 0.29) is 28.3 Å². The van der Waals surface area contributed by atoms with Crippen LogP contribution in [-0.4, -0.2) is 18.5 Å². The van der Waals surface area contributed by atoms with Crippen LogP contribution in [-0.2, 0) is 20.4 Å². The van der Waals surface area contributed by atoms with E-state index in [4.69, 9.17) is 0 Å². The van der Waals surface area contributed by atoms with Crippen molar-refractivity contribution in [3.63, 3.8) is 0 Å². The van der Waals surface area contributed by atoms with Gasteiger partial charge in [-0.3, -0.25) is 0 Å². The van der Waals surface area contributed by atoms with Crippen LogP contribution in [0.15, 0.2) is 0 Å². The maximum Gasteiger partial charge on any atom is 0.0543 e. The minimum absolute atomic E-state index is 0. The molecule has 0 radical (unpaired) electrons. The molecule has 0 fully saturated rings. The maximum absolute atomic E-state index is 2.31. The summed E-state index contributed by atoms with van der Waals surface area (Å²) in [6.07, 6.45) is 4.37. The Bertz CT molecular complexity index is 30.0. The SMILES string of the molecule is CC[PH+](CC)CC.[Pd]. The fraction of sp³-hybridized carbons (Fsp3) is 1.00. The van der Waals surface area contributed by atoms with Crippen LogP contribution in [0.3, 0.4) is 0 Å². The molecule has 0 bridgehead atoms. The molecule has 0 saturated carbocycles. The molecule has 8 heavy (non-hydrogen) atoms. The molecule has 0 aromatic heterocycles. The molecule has 0 unspecified atom stereocenters. The van der Waals surface area contributed by atoms with Crippen molar-refractivity contribution in [1.29, 1.82) is 0 Å². The summed E-state index contributed by atoms with van der Waals surface area (Å²) in [4.78, 5) is 0. The minimum Gasteiger partial charge on any atom is -0.0313 e. The Labute approximate surface area is 67.8 Å². The molecule has 0 amide bonds. The van der Waals surface area contributed by atoms with Crippen LogP contribution in [0.4, 0.5) is 0 Å². The molecule has 0 aromatic rings. The summed E-state index contributed by atoms with van der Waals surface area (Å²) in [6.45, 7) is 6.92. The van der Waals surface area contributed by atoms with Gasteiger partial charge in [0.25, 0.3) is 0 Å². The van der Waals surface area contributed by atoms with Crippen molar-refractivity contribution in [3.8, 4) is 0 Å². The normalized spacial score (nSPS) is 9.00. The van der Waals surface area contributed by atoms with Crippen LogP contribution in [0.1, 0.15) is 20.8 Å². The predicted octanol–water partition coefficient (Wildman–Crippen LogP) is 2.26. The second kappa shape index (κ2) is 8.09. The standard InChI is InChI=1S/C6H15P.Pd/c1-4-7(5-2)6-3;/h4-6H2,1-3H3;/p+1. The van der Waals surface area contributed by atoms with Gasteiger partial charge in [0, 0.05) is 20.4 Å². The van der Waals surface area contributed by atoms with E-state index >= 15 is 0 Å². The summed E-state index contributed by atoms with van der Waals surface area (Å²) < 4.78 is 0. The molecule has 0 rings (SSSR count). The monoisotopic (exact) mass is 225 g/mol. The molecule has 0 spiro atoms. The van der Waals surface area contributed by atoms with Gasteiger partial charge >= 0.3 is 0 Å². The zero-order chi connectivity index (χ0) is 5.70. The van der Waals surface area contributed by atoms with Crippen molar-refractivity contribution in [2.24, 2.45) is 0 Å². The first-order valence-corrected chi connectivity index (χ1v) is 5.30. The summed E-state index contributed by atoms with van der Waals surface area (Å²) in [6, 6.07) is 0. The molecule has 0 aliphatic rings. The van der Waals surface area contributed by atoms with Gasteiger partial charge in [0.2, 0.25) is 0 Å². The molecular weight excluding hydrogens is 209 g/mol. The third-order valence-electron chi connectivity index (χ3n) is 1.50. The molecule has 0 atom stereocenters. The van der Waals surface area contributed by atoms with Gasteiger partial charge in [-0.2, -0.15) is 0 Å². The van der Waals surface area contributed by atoms with Gasteiger partial charge in [-0.25, -0.2) is 0 Å². The molecule has 0 aliphatic heterocycles. The van der Waals surface area contributed by atoms with Gasteiger partial charge in [-0.05, 0) is 28.7 Å². The van der Waals surface area contributed by atoms with Crippen LogP contribution in [0, 0.1) is 0 Å². The molecule has 0 saturated heterocycles. The van der Waals surface area contributed by atoms with Crippen molar-refractivity contribution < 1.29 is 20.4 Å². The zero-order valence-corrected chi connectivity index (χ0v) is 8.49. The van der Waals surface area contributed by atoms with Crippen LogP contribution in [0.2, 0.25) is 0 Å². The van der Waals surface area contributed by atoms with Gasteiger partial charge in [0.05, 0.1) is 18.5 Å². The topological polar surface area (TPSA) is 0 Å². The molecule has 0 N–H and O–H groups in total. The third kappa shape index (κ3) is 5.23. The largest absolute Gasteiger partial charge is 0.0543 e. The van der Waals surface area contributed by atoms with Crippen LogP contribution in [0.25, 0.3) is 0 Å². The number of hydrogen-bond donors (Lipinski definition) is 0. The Hall–Kier alpha value is 1.09. The van der Waals surface area contributed by atoms with E-state index in [2.05, 4.69) is 20.8 Å². The Morgan fingerprint density at radius 1 is 0.875 bits per heavy atom. The van der Waals surface area contributed by atoms with Gasteiger partial charge in [-0.1, -0.05) is 0 Å². The molecule has 2 heteroatoms. The second-order valence-corrected chi connectivity index (χ2v) is 5.43. The van der Waals surface area contributed by atoms with Crippen molar-refractivity contribution in [3.05, 3.63) is 0 Å². The number of hydrogen-bond acceptors (Lipinski definition) is 0. The summed E-state index contributed by atoms with van der Waals surface area (Å²) >= 11 is 0. The van der Waals surface area contributed by atoms with Crippen molar-refractivity contribution in [1.82, 2.24) is 0 Å². The Kier molecular flexibility index (Phi) is 12.0. The van der Waals surface area contributed by atoms with E-state index in [1.165, 1.54) is 18.5 Å². The van der Waals surface area contributed by atoms with E-state index in [9.17, 15) is 0 Å². The smallest absolute Gasteiger partial charge is 0.0313 e. The van der Waals surface area contributed by atoms with Gasteiger partial charge in [0.15, 0.2) is 0 Å². The van der Waals surface area contributed by atoms with E-state index in [1.807, 2.05) is 0 Å². The quantitative estimate of drug-likeness (QED) is 0.511. The van der Waals surface area contributed by atoms with Gasteiger partial charge in [0.1, 0.15) is 0 Å². The Balaban J connectivity index is 0. The first-order valence-electron chi connectivity index (χ1n) is 3.18. The van der Waals surface area contributed by atoms with Crippen LogP contribution >= 0.6 is 7.92 Å². The maximum atomic E-state index is 2.31. The Morgan fingerprint density at radius 3 is 1.12 bits per heavy atom. The van der Waals surface area contributed by atoms with E-state index in [1.54, 1.807) is 0 Å². The van der Waals surface area contributed by atoms with Gasteiger partial charge < -0.3 is 0 Å². The fourth-order valence-corrected chi connectivity index (χ4v) is 2.25. The first-order chi connectivity index (χ1) is 3.35. The predicted molar refractivity (Wildman–Crippen MR) is 39.9 cm³/mol. The molecule has 0 aromatic carbocycles. The fourth-order valence-electron chi connectivity index (χ4n) is 0.750. The average Bonchev–Trinajstić information content (AvgIpc) is 1.72. The van der Waals surface area contributed by atoms with E-state index in [0.717, 1.165) is 0 Å². The summed E-state index contributed by atoms with van der Waals surface area (Å²) in [5.41, 5.74) is 0. The summed E-state index contributed by atoms with van der Waals surface area (Å²) in [5.74, 6) is 0. The molecule has 0 aliphatic carbocycles. The molecule has 54 valence electrons. The van der Waals surface area contributed by atoms with Crippen LogP contribution in [0.5, 0.6) is 0 Å². The van der Waals surface area contributed by atoms with Gasteiger partial charge in [-0.15, -0.1) is 0 Å². The third-order valence-corrected chi connectivity index (χ3v) is 4.50. The average molecular weight is 226 g/mol. The molecule has 0 nitrogen and oxygen atoms in total. The van der Waals surface area contributed by atoms with E-state index < -0.39 is 0 Å². The molecule has 0 heterocycles. The first kappa shape index (κ1) is 11.8. The second-order valence-electron chi connectivity index (χ2n) is 1.81. The van der Waals surface area contributed by atoms with Crippen molar-refractivity contribution in [2.45, 2.75) is 20.8 Å². The summed E-state index contributed by atoms with van der Waals surface area (Å²) in [5, 5.41) is 0. The molecular formula is C6H16PPd+. The minimum atomic E-state index is 0. The van der Waals surface area contributed by atoms with Crippen molar-refractivity contribution >= 4 is 7.92 Å². The van der Waals surface area contributed by atoms with E-state index in [0.29, 0.717) is 0 Å². The zero-order valence-electron chi connectivity index (χ0n) is 5.94.